The zero-order valence-electron chi connectivity index (χ0n) is 13.8. The van der Waals surface area contributed by atoms with E-state index in [1.807, 2.05) is 19.1 Å². The molecule has 1 aromatic rings. The third-order valence-corrected chi connectivity index (χ3v) is 6.05. The molecule has 0 bridgehead atoms. The Labute approximate surface area is 139 Å². The van der Waals surface area contributed by atoms with Gasteiger partial charge in [0.05, 0.1) is 18.0 Å². The number of nitrogens with one attached hydrogen (secondary N) is 1. The molecule has 5 nitrogen and oxygen atoms in total. The Hall–Kier alpha value is -1.40. The van der Waals surface area contributed by atoms with Crippen LogP contribution in [0, 0.1) is 6.92 Å². The molecular weight excluding hydrogens is 310 g/mol. The number of rotatable bonds is 4. The molecule has 0 radical (unpaired) electrons. The lowest BCUT2D eigenvalue weighted by Gasteiger charge is -2.22. The second-order valence-corrected chi connectivity index (χ2v) is 8.23. The van der Waals surface area contributed by atoms with Crippen LogP contribution >= 0.6 is 0 Å². The second kappa shape index (κ2) is 7.01. The first-order chi connectivity index (χ1) is 11.0. The molecule has 1 N–H and O–H groups in total. The van der Waals surface area contributed by atoms with Crippen molar-refractivity contribution in [3.05, 3.63) is 29.8 Å². The Morgan fingerprint density at radius 3 is 2.30 bits per heavy atom. The van der Waals surface area contributed by atoms with Crippen LogP contribution in [0.4, 0.5) is 0 Å². The Kier molecular flexibility index (Phi) is 5.02. The minimum atomic E-state index is -3.62. The molecule has 0 unspecified atom stereocenters. The van der Waals surface area contributed by atoms with Gasteiger partial charge in [0.15, 0.2) is 5.84 Å². The van der Waals surface area contributed by atoms with Crippen molar-refractivity contribution in [1.82, 2.24) is 4.90 Å². The van der Waals surface area contributed by atoms with E-state index in [4.69, 9.17) is 0 Å². The molecule has 0 saturated carbocycles. The fourth-order valence-electron chi connectivity index (χ4n) is 3.35. The largest absolute Gasteiger partial charge is 0.355 e. The van der Waals surface area contributed by atoms with E-state index in [0.717, 1.165) is 57.0 Å². The summed E-state index contributed by atoms with van der Waals surface area (Å²) in [6.07, 6.45) is 4.71. The number of hydrogen-bond donors (Lipinski definition) is 1. The van der Waals surface area contributed by atoms with Crippen LogP contribution in [0.1, 0.15) is 31.2 Å². The molecule has 2 aliphatic rings. The van der Waals surface area contributed by atoms with Gasteiger partial charge in [-0.3, -0.25) is 0 Å². The summed E-state index contributed by atoms with van der Waals surface area (Å²) in [6.45, 7) is 6.77. The zero-order chi connectivity index (χ0) is 16.3. The maximum absolute atomic E-state index is 12.7. The molecule has 1 aromatic carbocycles. The average Bonchev–Trinajstić information content (AvgIpc) is 3.20. The summed E-state index contributed by atoms with van der Waals surface area (Å²) in [5, 5.41) is 0. The van der Waals surface area contributed by atoms with E-state index in [9.17, 15) is 8.42 Å². The van der Waals surface area contributed by atoms with Gasteiger partial charge < -0.3 is 9.80 Å². The van der Waals surface area contributed by atoms with Crippen LogP contribution < -0.4 is 4.90 Å². The summed E-state index contributed by atoms with van der Waals surface area (Å²) < 4.78 is 29.6. The van der Waals surface area contributed by atoms with Gasteiger partial charge in [-0.25, -0.2) is 0 Å². The quantitative estimate of drug-likeness (QED) is 0.655. The lowest BCUT2D eigenvalue weighted by molar-refractivity contribution is -0.878. The molecule has 0 amide bonds. The molecule has 6 heteroatoms. The average molecular weight is 336 g/mol. The van der Waals surface area contributed by atoms with Crippen molar-refractivity contribution >= 4 is 15.9 Å². The van der Waals surface area contributed by atoms with Crippen molar-refractivity contribution in [2.75, 3.05) is 32.7 Å². The third kappa shape index (κ3) is 4.12. The molecule has 3 rings (SSSR count). The van der Waals surface area contributed by atoms with E-state index < -0.39 is 10.0 Å². The Balaban J connectivity index is 1.86. The van der Waals surface area contributed by atoms with Gasteiger partial charge >= 0.3 is 0 Å². The molecule has 126 valence electrons. The van der Waals surface area contributed by atoms with Gasteiger partial charge in [0.1, 0.15) is 6.54 Å². The maximum atomic E-state index is 12.7. The topological polar surface area (TPSA) is 54.2 Å². The van der Waals surface area contributed by atoms with Gasteiger partial charge in [-0.2, -0.15) is 8.42 Å². The molecule has 0 aliphatic carbocycles. The first-order valence-electron chi connectivity index (χ1n) is 8.54. The van der Waals surface area contributed by atoms with E-state index in [-0.39, 0.29) is 4.90 Å². The van der Waals surface area contributed by atoms with Crippen LogP contribution in [0.5, 0.6) is 0 Å². The summed E-state index contributed by atoms with van der Waals surface area (Å²) in [7, 11) is -3.62. The van der Waals surface area contributed by atoms with Crippen molar-refractivity contribution < 1.29 is 13.3 Å². The highest BCUT2D eigenvalue weighted by molar-refractivity contribution is 7.90. The fraction of sp³-hybridized carbons (Fsp3) is 0.588. The van der Waals surface area contributed by atoms with E-state index >= 15 is 0 Å². The molecular formula is C17H26N3O2S+. The summed E-state index contributed by atoms with van der Waals surface area (Å²) in [5.41, 5.74) is 1.05. The van der Waals surface area contributed by atoms with Crippen LogP contribution in [-0.2, 0) is 10.0 Å². The summed E-state index contributed by atoms with van der Waals surface area (Å²) in [6, 6.07) is 6.95. The SMILES string of the molecule is Cc1ccc(S(=O)(=O)N=C(C[NH+]2CCCC2)N2CCCC2)cc1. The number of hydrogen-bond acceptors (Lipinski definition) is 2. The minimum Gasteiger partial charge on any atom is -0.355 e. The Bertz CT molecular complexity index is 656. The van der Waals surface area contributed by atoms with E-state index in [1.54, 1.807) is 12.1 Å². The van der Waals surface area contributed by atoms with Crippen LogP contribution in [0.2, 0.25) is 0 Å². The third-order valence-electron chi connectivity index (χ3n) is 4.73. The van der Waals surface area contributed by atoms with E-state index in [1.165, 1.54) is 17.7 Å². The normalized spacial score (nSPS) is 20.4. The molecule has 2 fully saturated rings. The van der Waals surface area contributed by atoms with Crippen molar-refractivity contribution in [2.24, 2.45) is 4.40 Å². The smallest absolute Gasteiger partial charge is 0.284 e. The number of benzene rings is 1. The lowest BCUT2D eigenvalue weighted by atomic mass is 10.2. The summed E-state index contributed by atoms with van der Waals surface area (Å²) in [4.78, 5) is 3.91. The van der Waals surface area contributed by atoms with E-state index in [2.05, 4.69) is 9.30 Å². The van der Waals surface area contributed by atoms with Crippen molar-refractivity contribution in [3.8, 4) is 0 Å². The van der Waals surface area contributed by atoms with Gasteiger partial charge in [-0.1, -0.05) is 17.7 Å². The van der Waals surface area contributed by atoms with Crippen LogP contribution in [0.3, 0.4) is 0 Å². The number of likely N-dealkylation sites (tertiary alicyclic amines) is 2. The first-order valence-corrected chi connectivity index (χ1v) is 9.98. The van der Waals surface area contributed by atoms with Crippen LogP contribution in [0.15, 0.2) is 33.6 Å². The number of nitrogens with zero attached hydrogens (tertiary/aromatic N) is 2. The first kappa shape index (κ1) is 16.5. The Morgan fingerprint density at radius 1 is 1.09 bits per heavy atom. The van der Waals surface area contributed by atoms with Crippen LogP contribution in [-0.4, -0.2) is 51.9 Å². The van der Waals surface area contributed by atoms with E-state index in [0.29, 0.717) is 0 Å². The monoisotopic (exact) mass is 336 g/mol. The van der Waals surface area contributed by atoms with Gasteiger partial charge in [-0.05, 0) is 31.9 Å². The van der Waals surface area contributed by atoms with Crippen molar-refractivity contribution in [2.45, 2.75) is 37.5 Å². The van der Waals surface area contributed by atoms with Crippen molar-refractivity contribution in [1.29, 1.82) is 0 Å². The summed E-state index contributed by atoms with van der Waals surface area (Å²) in [5.74, 6) is 0.750. The van der Waals surface area contributed by atoms with Crippen LogP contribution in [0.25, 0.3) is 0 Å². The highest BCUT2D eigenvalue weighted by atomic mass is 32.2. The highest BCUT2D eigenvalue weighted by Crippen LogP contribution is 2.15. The molecule has 0 spiro atoms. The zero-order valence-corrected chi connectivity index (χ0v) is 14.6. The molecule has 0 aromatic heterocycles. The van der Waals surface area contributed by atoms with Gasteiger partial charge in [0.2, 0.25) is 0 Å². The summed E-state index contributed by atoms with van der Waals surface area (Å²) >= 11 is 0. The number of amidine groups is 1. The maximum Gasteiger partial charge on any atom is 0.284 e. The molecule has 0 atom stereocenters. The highest BCUT2D eigenvalue weighted by Gasteiger charge is 2.26. The van der Waals surface area contributed by atoms with Gasteiger partial charge in [0, 0.05) is 25.9 Å². The lowest BCUT2D eigenvalue weighted by Crippen LogP contribution is -3.11. The minimum absolute atomic E-state index is 0.288. The molecule has 23 heavy (non-hydrogen) atoms. The van der Waals surface area contributed by atoms with Gasteiger partial charge in [0.25, 0.3) is 10.0 Å². The fourth-order valence-corrected chi connectivity index (χ4v) is 4.40. The number of aryl methyl sites for hydroxylation is 1. The second-order valence-electron chi connectivity index (χ2n) is 6.62. The van der Waals surface area contributed by atoms with Gasteiger partial charge in [-0.15, -0.1) is 4.40 Å². The predicted octanol–water partition coefficient (Wildman–Crippen LogP) is 0.857. The predicted molar refractivity (Wildman–Crippen MR) is 91.4 cm³/mol. The molecule has 2 saturated heterocycles. The molecule has 2 aliphatic heterocycles. The van der Waals surface area contributed by atoms with Crippen molar-refractivity contribution in [3.63, 3.8) is 0 Å². The number of quaternary nitrogens is 1. The number of sulfonamides is 1. The Morgan fingerprint density at radius 2 is 1.70 bits per heavy atom. The standard InChI is InChI=1S/C17H25N3O2S/c1-15-6-8-16(9-7-15)23(21,22)18-17(20-12-4-5-13-20)14-19-10-2-3-11-19/h6-9H,2-5,10-14H2,1H3/p+1. The molecule has 2 heterocycles.